The Bertz CT molecular complexity index is 678. The molecule has 0 spiro atoms. The number of fused-ring (bicyclic) bond motifs is 1. The van der Waals surface area contributed by atoms with Crippen LogP contribution >= 0.6 is 0 Å². The van der Waals surface area contributed by atoms with E-state index in [0.717, 1.165) is 11.3 Å². The highest BCUT2D eigenvalue weighted by Crippen LogP contribution is 2.37. The van der Waals surface area contributed by atoms with Gasteiger partial charge in [-0.3, -0.25) is 4.79 Å². The summed E-state index contributed by atoms with van der Waals surface area (Å²) >= 11 is 0. The lowest BCUT2D eigenvalue weighted by molar-refractivity contribution is 0.0849. The van der Waals surface area contributed by atoms with Gasteiger partial charge in [-0.05, 0) is 35.9 Å². The monoisotopic (exact) mass is 284 g/mol. The van der Waals surface area contributed by atoms with Crippen molar-refractivity contribution in [3.8, 4) is 17.2 Å². The SMILES string of the molecule is COc1cccc(C2CC(=O)c3cc(OC)ccc3O2)c1. The topological polar surface area (TPSA) is 44.8 Å². The number of hydrogen-bond donors (Lipinski definition) is 0. The number of Topliss-reactive ketones (excluding diaryl/α,β-unsaturated/α-hetero) is 1. The molecule has 0 radical (unpaired) electrons. The van der Waals surface area contributed by atoms with Gasteiger partial charge in [0.25, 0.3) is 0 Å². The quantitative estimate of drug-likeness (QED) is 0.866. The van der Waals surface area contributed by atoms with E-state index in [-0.39, 0.29) is 11.9 Å². The molecule has 108 valence electrons. The van der Waals surface area contributed by atoms with Crippen LogP contribution in [-0.4, -0.2) is 20.0 Å². The Labute approximate surface area is 123 Å². The lowest BCUT2D eigenvalue weighted by Gasteiger charge is -2.26. The average molecular weight is 284 g/mol. The zero-order chi connectivity index (χ0) is 14.8. The van der Waals surface area contributed by atoms with Crippen molar-refractivity contribution >= 4 is 5.78 Å². The second-order valence-corrected chi connectivity index (χ2v) is 4.87. The molecule has 2 aromatic rings. The van der Waals surface area contributed by atoms with Crippen molar-refractivity contribution in [2.45, 2.75) is 12.5 Å². The van der Waals surface area contributed by atoms with Gasteiger partial charge in [-0.25, -0.2) is 0 Å². The minimum absolute atomic E-state index is 0.0583. The van der Waals surface area contributed by atoms with Crippen LogP contribution in [0.15, 0.2) is 42.5 Å². The van der Waals surface area contributed by atoms with Crippen LogP contribution in [0.25, 0.3) is 0 Å². The second kappa shape index (κ2) is 5.48. The van der Waals surface area contributed by atoms with Gasteiger partial charge in [0.2, 0.25) is 0 Å². The average Bonchev–Trinajstić information content (AvgIpc) is 2.54. The number of carbonyl (C=O) groups is 1. The maximum Gasteiger partial charge on any atom is 0.170 e. The smallest absolute Gasteiger partial charge is 0.170 e. The predicted molar refractivity (Wildman–Crippen MR) is 78.3 cm³/mol. The molecule has 1 aliphatic rings. The first-order valence-electron chi connectivity index (χ1n) is 6.73. The van der Waals surface area contributed by atoms with E-state index in [1.54, 1.807) is 32.4 Å². The van der Waals surface area contributed by atoms with Crippen LogP contribution in [-0.2, 0) is 0 Å². The molecule has 0 saturated heterocycles. The number of rotatable bonds is 3. The third-order valence-corrected chi connectivity index (χ3v) is 3.59. The van der Waals surface area contributed by atoms with E-state index >= 15 is 0 Å². The van der Waals surface area contributed by atoms with Crippen LogP contribution in [0.3, 0.4) is 0 Å². The molecule has 0 aliphatic carbocycles. The summed E-state index contributed by atoms with van der Waals surface area (Å²) < 4.78 is 16.3. The molecule has 4 heteroatoms. The Kier molecular flexibility index (Phi) is 3.52. The number of hydrogen-bond acceptors (Lipinski definition) is 4. The van der Waals surface area contributed by atoms with Crippen molar-refractivity contribution in [2.24, 2.45) is 0 Å². The molecular formula is C17H16O4. The zero-order valence-electron chi connectivity index (χ0n) is 12.0. The van der Waals surface area contributed by atoms with Gasteiger partial charge in [0.05, 0.1) is 26.2 Å². The Morgan fingerprint density at radius 2 is 1.81 bits per heavy atom. The van der Waals surface area contributed by atoms with Crippen LogP contribution in [0.2, 0.25) is 0 Å². The summed E-state index contributed by atoms with van der Waals surface area (Å²) in [4.78, 5) is 12.3. The van der Waals surface area contributed by atoms with Gasteiger partial charge in [0.15, 0.2) is 5.78 Å². The molecule has 0 fully saturated rings. The Morgan fingerprint density at radius 1 is 1.05 bits per heavy atom. The fraction of sp³-hybridized carbons (Fsp3) is 0.235. The molecule has 0 N–H and O–H groups in total. The largest absolute Gasteiger partial charge is 0.497 e. The van der Waals surface area contributed by atoms with E-state index < -0.39 is 0 Å². The lowest BCUT2D eigenvalue weighted by Crippen LogP contribution is -2.20. The summed E-state index contributed by atoms with van der Waals surface area (Å²) in [6.45, 7) is 0. The molecule has 1 unspecified atom stereocenters. The molecule has 0 aromatic heterocycles. The summed E-state index contributed by atoms with van der Waals surface area (Å²) in [5, 5.41) is 0. The van der Waals surface area contributed by atoms with Crippen LogP contribution in [0.4, 0.5) is 0 Å². The molecular weight excluding hydrogens is 268 g/mol. The molecule has 1 atom stereocenters. The summed E-state index contributed by atoms with van der Waals surface area (Å²) in [6, 6.07) is 12.9. The van der Waals surface area contributed by atoms with Crippen molar-refractivity contribution in [3.05, 3.63) is 53.6 Å². The van der Waals surface area contributed by atoms with Gasteiger partial charge in [0.1, 0.15) is 23.4 Å². The number of carbonyl (C=O) groups excluding carboxylic acids is 1. The molecule has 4 nitrogen and oxygen atoms in total. The van der Waals surface area contributed by atoms with Gasteiger partial charge in [-0.2, -0.15) is 0 Å². The van der Waals surface area contributed by atoms with Crippen molar-refractivity contribution in [3.63, 3.8) is 0 Å². The fourth-order valence-electron chi connectivity index (χ4n) is 2.46. The molecule has 1 aliphatic heterocycles. The van der Waals surface area contributed by atoms with E-state index in [4.69, 9.17) is 14.2 Å². The van der Waals surface area contributed by atoms with Gasteiger partial charge in [-0.15, -0.1) is 0 Å². The summed E-state index contributed by atoms with van der Waals surface area (Å²) in [5.74, 6) is 2.07. The summed E-state index contributed by atoms with van der Waals surface area (Å²) in [5.41, 5.74) is 1.51. The van der Waals surface area contributed by atoms with Crippen LogP contribution in [0, 0.1) is 0 Å². The van der Waals surface area contributed by atoms with Crippen LogP contribution in [0.1, 0.15) is 28.4 Å². The summed E-state index contributed by atoms with van der Waals surface area (Å²) in [7, 11) is 3.20. The van der Waals surface area contributed by atoms with Gasteiger partial charge >= 0.3 is 0 Å². The predicted octanol–water partition coefficient (Wildman–Crippen LogP) is 3.41. The molecule has 1 heterocycles. The summed E-state index contributed by atoms with van der Waals surface area (Å²) in [6.07, 6.45) is 0.0290. The molecule has 0 saturated carbocycles. The Hall–Kier alpha value is -2.49. The highest BCUT2D eigenvalue weighted by Gasteiger charge is 2.28. The third kappa shape index (κ3) is 2.57. The lowest BCUT2D eigenvalue weighted by atomic mass is 9.96. The van der Waals surface area contributed by atoms with Gasteiger partial charge in [0, 0.05) is 0 Å². The van der Waals surface area contributed by atoms with Gasteiger partial charge < -0.3 is 14.2 Å². The minimum atomic E-state index is -0.284. The van der Waals surface area contributed by atoms with Crippen molar-refractivity contribution in [1.29, 1.82) is 0 Å². The maximum atomic E-state index is 12.3. The number of benzene rings is 2. The highest BCUT2D eigenvalue weighted by atomic mass is 16.5. The first-order chi connectivity index (χ1) is 10.2. The highest BCUT2D eigenvalue weighted by molar-refractivity contribution is 6.00. The van der Waals surface area contributed by atoms with E-state index in [2.05, 4.69) is 0 Å². The van der Waals surface area contributed by atoms with Crippen LogP contribution in [0.5, 0.6) is 17.2 Å². The molecule has 21 heavy (non-hydrogen) atoms. The normalized spacial score (nSPS) is 16.9. The Balaban J connectivity index is 1.92. The molecule has 0 bridgehead atoms. The maximum absolute atomic E-state index is 12.3. The molecule has 2 aromatic carbocycles. The second-order valence-electron chi connectivity index (χ2n) is 4.87. The first kappa shape index (κ1) is 13.5. The van der Waals surface area contributed by atoms with E-state index in [0.29, 0.717) is 23.5 Å². The number of methoxy groups -OCH3 is 2. The first-order valence-corrected chi connectivity index (χ1v) is 6.73. The number of ketones is 1. The Morgan fingerprint density at radius 3 is 2.57 bits per heavy atom. The zero-order valence-corrected chi connectivity index (χ0v) is 12.0. The van der Waals surface area contributed by atoms with E-state index in [9.17, 15) is 4.79 Å². The standard InChI is InChI=1S/C17H16O4/c1-19-12-5-3-4-11(8-12)17-10-15(18)14-9-13(20-2)6-7-16(14)21-17/h3-9,17H,10H2,1-2H3. The van der Waals surface area contributed by atoms with Crippen molar-refractivity contribution < 1.29 is 19.0 Å². The van der Waals surface area contributed by atoms with E-state index in [1.807, 2.05) is 24.3 Å². The molecule has 0 amide bonds. The minimum Gasteiger partial charge on any atom is -0.497 e. The fourth-order valence-corrected chi connectivity index (χ4v) is 2.46. The van der Waals surface area contributed by atoms with E-state index in [1.165, 1.54) is 0 Å². The molecule has 3 rings (SSSR count). The van der Waals surface area contributed by atoms with Crippen molar-refractivity contribution in [2.75, 3.05) is 14.2 Å². The third-order valence-electron chi connectivity index (χ3n) is 3.59. The van der Waals surface area contributed by atoms with Gasteiger partial charge in [-0.1, -0.05) is 12.1 Å². The number of ether oxygens (including phenoxy) is 3. The van der Waals surface area contributed by atoms with Crippen LogP contribution < -0.4 is 14.2 Å². The van der Waals surface area contributed by atoms with Crippen molar-refractivity contribution in [1.82, 2.24) is 0 Å².